The van der Waals surface area contributed by atoms with Crippen LogP contribution in [-0.4, -0.2) is 18.0 Å². The molecule has 14 heavy (non-hydrogen) atoms. The summed E-state index contributed by atoms with van der Waals surface area (Å²) in [6.45, 7) is 2.44. The predicted octanol–water partition coefficient (Wildman–Crippen LogP) is 3.02. The quantitative estimate of drug-likeness (QED) is 0.710. The van der Waals surface area contributed by atoms with Gasteiger partial charge in [-0.05, 0) is 62.5 Å². The van der Waals surface area contributed by atoms with Crippen LogP contribution in [0.25, 0.3) is 0 Å². The second-order valence-corrected chi connectivity index (χ2v) is 4.70. The smallest absolute Gasteiger partial charge is 0.193 e. The summed E-state index contributed by atoms with van der Waals surface area (Å²) in [5, 5.41) is 0.521. The topological polar surface area (TPSA) is 16.4 Å². The highest BCUT2D eigenvalue weighted by atomic mass is 35.5. The molecule has 0 saturated carbocycles. The number of furan rings is 1. The lowest BCUT2D eigenvalue weighted by Crippen LogP contribution is -2.34. The molecule has 1 aromatic heterocycles. The third-order valence-electron chi connectivity index (χ3n) is 3.67. The van der Waals surface area contributed by atoms with Crippen molar-refractivity contribution >= 4 is 11.6 Å². The standard InChI is InChI=1S/C11H14ClNO/c12-10-4-3-9(14-10)11-5-1-7-13(11)8-2-6-11/h3-4H,1-2,5-8H2. The molecule has 0 unspecified atom stereocenters. The first-order chi connectivity index (χ1) is 6.81. The molecule has 0 aliphatic carbocycles. The minimum absolute atomic E-state index is 0.202. The van der Waals surface area contributed by atoms with Crippen LogP contribution in [0.2, 0.25) is 5.22 Å². The molecule has 76 valence electrons. The van der Waals surface area contributed by atoms with Crippen LogP contribution >= 0.6 is 11.6 Å². The van der Waals surface area contributed by atoms with E-state index in [1.54, 1.807) is 0 Å². The van der Waals surface area contributed by atoms with E-state index in [-0.39, 0.29) is 5.54 Å². The first kappa shape index (κ1) is 8.81. The molecular formula is C11H14ClNO. The lowest BCUT2D eigenvalue weighted by molar-refractivity contribution is 0.163. The van der Waals surface area contributed by atoms with Crippen LogP contribution in [0.1, 0.15) is 31.4 Å². The molecule has 1 aromatic rings. The van der Waals surface area contributed by atoms with Crippen LogP contribution in [0.15, 0.2) is 16.5 Å². The van der Waals surface area contributed by atoms with Crippen molar-refractivity contribution < 1.29 is 4.42 Å². The van der Waals surface area contributed by atoms with Gasteiger partial charge < -0.3 is 4.42 Å². The van der Waals surface area contributed by atoms with Crippen molar-refractivity contribution in [3.63, 3.8) is 0 Å². The fourth-order valence-electron chi connectivity index (χ4n) is 3.07. The third kappa shape index (κ3) is 1.07. The Labute approximate surface area is 88.8 Å². The van der Waals surface area contributed by atoms with Gasteiger partial charge in [-0.1, -0.05) is 0 Å². The molecule has 2 nitrogen and oxygen atoms in total. The number of nitrogens with zero attached hydrogens (tertiary/aromatic N) is 1. The molecule has 2 fully saturated rings. The van der Waals surface area contributed by atoms with Gasteiger partial charge in [0.2, 0.25) is 0 Å². The maximum absolute atomic E-state index is 5.84. The van der Waals surface area contributed by atoms with Crippen molar-refractivity contribution in [2.45, 2.75) is 31.2 Å². The highest BCUT2D eigenvalue weighted by Gasteiger charge is 2.47. The zero-order valence-electron chi connectivity index (χ0n) is 8.13. The van der Waals surface area contributed by atoms with Gasteiger partial charge in [-0.15, -0.1) is 0 Å². The molecule has 3 rings (SSSR count). The second-order valence-electron chi connectivity index (χ2n) is 4.33. The molecule has 2 saturated heterocycles. The zero-order valence-corrected chi connectivity index (χ0v) is 8.89. The molecule has 0 radical (unpaired) electrons. The van der Waals surface area contributed by atoms with E-state index < -0.39 is 0 Å². The maximum atomic E-state index is 5.84. The van der Waals surface area contributed by atoms with Gasteiger partial charge in [0.05, 0.1) is 5.54 Å². The van der Waals surface area contributed by atoms with Gasteiger partial charge in [-0.25, -0.2) is 0 Å². The average molecular weight is 212 g/mol. The Morgan fingerprint density at radius 3 is 2.50 bits per heavy atom. The summed E-state index contributed by atoms with van der Waals surface area (Å²) in [6.07, 6.45) is 5.05. The van der Waals surface area contributed by atoms with Crippen LogP contribution in [0, 0.1) is 0 Å². The van der Waals surface area contributed by atoms with Gasteiger partial charge in [-0.2, -0.15) is 0 Å². The van der Waals surface area contributed by atoms with E-state index in [0.29, 0.717) is 5.22 Å². The number of hydrogen-bond donors (Lipinski definition) is 0. The number of hydrogen-bond acceptors (Lipinski definition) is 2. The molecule has 3 heteroatoms. The fourth-order valence-corrected chi connectivity index (χ4v) is 3.22. The van der Waals surface area contributed by atoms with Crippen LogP contribution in [0.3, 0.4) is 0 Å². The Morgan fingerprint density at radius 2 is 1.93 bits per heavy atom. The van der Waals surface area contributed by atoms with E-state index in [0.717, 1.165) is 5.76 Å². The van der Waals surface area contributed by atoms with E-state index in [1.165, 1.54) is 38.8 Å². The Morgan fingerprint density at radius 1 is 1.21 bits per heavy atom. The van der Waals surface area contributed by atoms with Crippen molar-refractivity contribution in [2.24, 2.45) is 0 Å². The van der Waals surface area contributed by atoms with Crippen LogP contribution in [0.4, 0.5) is 0 Å². The molecule has 2 aliphatic heterocycles. The highest BCUT2D eigenvalue weighted by Crippen LogP contribution is 2.47. The summed E-state index contributed by atoms with van der Waals surface area (Å²) < 4.78 is 5.60. The lowest BCUT2D eigenvalue weighted by Gasteiger charge is -2.29. The molecule has 0 atom stereocenters. The van der Waals surface area contributed by atoms with Gasteiger partial charge in [-0.3, -0.25) is 4.90 Å². The first-order valence-corrected chi connectivity index (χ1v) is 5.70. The van der Waals surface area contributed by atoms with E-state index in [2.05, 4.69) is 4.90 Å². The number of fused-ring (bicyclic) bond motifs is 1. The van der Waals surface area contributed by atoms with E-state index >= 15 is 0 Å². The molecule has 0 amide bonds. The number of rotatable bonds is 1. The molecule has 0 spiro atoms. The Hall–Kier alpha value is -0.470. The van der Waals surface area contributed by atoms with E-state index in [4.69, 9.17) is 16.0 Å². The number of halogens is 1. The Kier molecular flexibility index (Phi) is 1.89. The van der Waals surface area contributed by atoms with Crippen molar-refractivity contribution in [1.82, 2.24) is 4.90 Å². The van der Waals surface area contributed by atoms with Gasteiger partial charge in [0.1, 0.15) is 5.76 Å². The molecule has 0 aromatic carbocycles. The van der Waals surface area contributed by atoms with E-state index in [1.807, 2.05) is 12.1 Å². The molecule has 3 heterocycles. The molecule has 0 bridgehead atoms. The van der Waals surface area contributed by atoms with Crippen LogP contribution in [-0.2, 0) is 5.54 Å². The average Bonchev–Trinajstić information content (AvgIpc) is 2.75. The van der Waals surface area contributed by atoms with E-state index in [9.17, 15) is 0 Å². The third-order valence-corrected chi connectivity index (χ3v) is 3.88. The van der Waals surface area contributed by atoms with Crippen molar-refractivity contribution in [1.29, 1.82) is 0 Å². The van der Waals surface area contributed by atoms with Gasteiger partial charge in [0.25, 0.3) is 0 Å². The summed E-state index contributed by atoms with van der Waals surface area (Å²) >= 11 is 5.84. The monoisotopic (exact) mass is 211 g/mol. The van der Waals surface area contributed by atoms with Crippen molar-refractivity contribution in [2.75, 3.05) is 13.1 Å². The van der Waals surface area contributed by atoms with Gasteiger partial charge >= 0.3 is 0 Å². The van der Waals surface area contributed by atoms with Gasteiger partial charge in [0.15, 0.2) is 5.22 Å². The minimum atomic E-state index is 0.202. The fraction of sp³-hybridized carbons (Fsp3) is 0.636. The van der Waals surface area contributed by atoms with Crippen LogP contribution in [0.5, 0.6) is 0 Å². The second kappa shape index (κ2) is 3.01. The lowest BCUT2D eigenvalue weighted by atomic mass is 9.91. The summed E-state index contributed by atoms with van der Waals surface area (Å²) in [5.41, 5.74) is 0.202. The molecule has 0 N–H and O–H groups in total. The largest absolute Gasteiger partial charge is 0.448 e. The summed E-state index contributed by atoms with van der Waals surface area (Å²) in [7, 11) is 0. The van der Waals surface area contributed by atoms with Crippen LogP contribution < -0.4 is 0 Å². The zero-order chi connectivity index (χ0) is 9.60. The highest BCUT2D eigenvalue weighted by molar-refractivity contribution is 6.28. The normalized spacial score (nSPS) is 25.5. The Bertz CT molecular complexity index is 337. The summed E-state index contributed by atoms with van der Waals surface area (Å²) in [5.74, 6) is 1.08. The summed E-state index contributed by atoms with van der Waals surface area (Å²) in [4.78, 5) is 2.56. The summed E-state index contributed by atoms with van der Waals surface area (Å²) in [6, 6.07) is 3.91. The first-order valence-electron chi connectivity index (χ1n) is 5.32. The maximum Gasteiger partial charge on any atom is 0.193 e. The Balaban J connectivity index is 2.02. The SMILES string of the molecule is Clc1ccc(C23CCCN2CCC3)o1. The predicted molar refractivity (Wildman–Crippen MR) is 55.4 cm³/mol. The van der Waals surface area contributed by atoms with Crippen molar-refractivity contribution in [3.05, 3.63) is 23.1 Å². The molecule has 2 aliphatic rings. The van der Waals surface area contributed by atoms with Crippen molar-refractivity contribution in [3.8, 4) is 0 Å². The van der Waals surface area contributed by atoms with Gasteiger partial charge in [0, 0.05) is 0 Å². The minimum Gasteiger partial charge on any atom is -0.448 e. The molecular weight excluding hydrogens is 198 g/mol.